The normalized spacial score (nSPS) is 21.1. The lowest BCUT2D eigenvalue weighted by molar-refractivity contribution is -0.142. The molecule has 0 radical (unpaired) electrons. The van der Waals surface area contributed by atoms with Gasteiger partial charge in [0, 0.05) is 32.7 Å². The quantitative estimate of drug-likeness (QED) is 0.371. The largest absolute Gasteiger partial charge is 0.481 e. The average Bonchev–Trinajstić information content (AvgIpc) is 2.96. The van der Waals surface area contributed by atoms with Crippen molar-refractivity contribution >= 4 is 13.1 Å². The van der Waals surface area contributed by atoms with Crippen molar-refractivity contribution in [3.8, 4) is 0 Å². The van der Waals surface area contributed by atoms with E-state index in [1.54, 1.807) is 0 Å². The average molecular weight is 334 g/mol. The van der Waals surface area contributed by atoms with Crippen molar-refractivity contribution in [2.75, 3.05) is 26.2 Å². The molecule has 1 aromatic rings. The van der Waals surface area contributed by atoms with Crippen molar-refractivity contribution < 1.29 is 19.9 Å². The highest BCUT2D eigenvalue weighted by Gasteiger charge is 2.36. The van der Waals surface area contributed by atoms with Gasteiger partial charge in [-0.15, -0.1) is 0 Å². The molecular weight excluding hydrogens is 307 g/mol. The van der Waals surface area contributed by atoms with Gasteiger partial charge in [-0.25, -0.2) is 0 Å². The summed E-state index contributed by atoms with van der Waals surface area (Å²) in [7, 11) is -1.30. The maximum Gasteiger partial charge on any atom is 0.451 e. The van der Waals surface area contributed by atoms with E-state index in [9.17, 15) is 9.90 Å². The number of hydrogen-bond donors (Lipinski definition) is 4. The molecule has 1 saturated heterocycles. The topological polar surface area (TPSA) is 93.0 Å². The number of benzene rings is 1. The number of carboxylic acid groups (broad SMARTS) is 1. The van der Waals surface area contributed by atoms with Gasteiger partial charge < -0.3 is 25.4 Å². The first kappa shape index (κ1) is 18.9. The van der Waals surface area contributed by atoms with Gasteiger partial charge in [0.15, 0.2) is 0 Å². The first-order chi connectivity index (χ1) is 11.6. The Kier molecular flexibility index (Phi) is 7.72. The number of aliphatic carboxylic acids is 1. The molecule has 0 unspecified atom stereocenters. The van der Waals surface area contributed by atoms with Gasteiger partial charge in [-0.05, 0) is 24.2 Å². The standard InChI is InChI=1S/C17H27BN2O4/c21-17(22)16-13-20(12-15(16)7-4-8-18(23)24)10-9-19-11-14-5-2-1-3-6-14/h1-3,5-6,15-16,19,23-24H,4,7-13H2,(H,21,22)/t15-,16+/m0/s1. The molecule has 0 amide bonds. The van der Waals surface area contributed by atoms with E-state index in [0.717, 1.165) is 32.6 Å². The number of likely N-dealkylation sites (tertiary alicyclic amines) is 1. The lowest BCUT2D eigenvalue weighted by atomic mass is 9.80. The van der Waals surface area contributed by atoms with Crippen LogP contribution in [0, 0.1) is 11.8 Å². The van der Waals surface area contributed by atoms with E-state index in [2.05, 4.69) is 22.3 Å². The summed E-state index contributed by atoms with van der Waals surface area (Å²) in [4.78, 5) is 13.6. The van der Waals surface area contributed by atoms with Gasteiger partial charge in [0.1, 0.15) is 0 Å². The van der Waals surface area contributed by atoms with Gasteiger partial charge in [-0.3, -0.25) is 4.79 Å². The summed E-state index contributed by atoms with van der Waals surface area (Å²) in [6, 6.07) is 10.2. The van der Waals surface area contributed by atoms with Crippen LogP contribution in [0.4, 0.5) is 0 Å². The number of carbonyl (C=O) groups is 1. The summed E-state index contributed by atoms with van der Waals surface area (Å²) in [5.41, 5.74) is 1.24. The third-order valence-electron chi connectivity index (χ3n) is 4.65. The number of carboxylic acids is 1. The molecule has 0 aromatic heterocycles. The van der Waals surface area contributed by atoms with Crippen LogP contribution in [0.2, 0.25) is 6.32 Å². The number of rotatable bonds is 10. The second-order valence-corrected chi connectivity index (χ2v) is 6.54. The van der Waals surface area contributed by atoms with Gasteiger partial charge >= 0.3 is 13.1 Å². The van der Waals surface area contributed by atoms with Crippen LogP contribution >= 0.6 is 0 Å². The molecule has 132 valence electrons. The minimum Gasteiger partial charge on any atom is -0.481 e. The molecule has 0 bridgehead atoms. The van der Waals surface area contributed by atoms with Crippen LogP contribution in [-0.4, -0.2) is 59.3 Å². The van der Waals surface area contributed by atoms with Gasteiger partial charge in [0.2, 0.25) is 0 Å². The van der Waals surface area contributed by atoms with Gasteiger partial charge in [0.05, 0.1) is 5.92 Å². The molecule has 1 heterocycles. The lowest BCUT2D eigenvalue weighted by Crippen LogP contribution is -2.31. The fourth-order valence-corrected chi connectivity index (χ4v) is 3.34. The van der Waals surface area contributed by atoms with E-state index in [0.29, 0.717) is 19.3 Å². The zero-order valence-electron chi connectivity index (χ0n) is 14.0. The Bertz CT molecular complexity index is 501. The highest BCUT2D eigenvalue weighted by atomic mass is 16.4. The van der Waals surface area contributed by atoms with Crippen molar-refractivity contribution in [2.45, 2.75) is 25.7 Å². The van der Waals surface area contributed by atoms with E-state index >= 15 is 0 Å². The fourth-order valence-electron chi connectivity index (χ4n) is 3.34. The third-order valence-corrected chi connectivity index (χ3v) is 4.65. The van der Waals surface area contributed by atoms with E-state index in [1.807, 2.05) is 18.2 Å². The molecule has 1 aromatic carbocycles. The Hall–Kier alpha value is -1.41. The molecule has 0 saturated carbocycles. The molecule has 1 fully saturated rings. The Labute approximate surface area is 143 Å². The molecule has 0 aliphatic carbocycles. The zero-order chi connectivity index (χ0) is 17.4. The van der Waals surface area contributed by atoms with Crippen LogP contribution in [0.25, 0.3) is 0 Å². The predicted octanol–water partition coefficient (Wildman–Crippen LogP) is 0.662. The van der Waals surface area contributed by atoms with Crippen molar-refractivity contribution in [2.24, 2.45) is 11.8 Å². The van der Waals surface area contributed by atoms with Crippen LogP contribution in [0.15, 0.2) is 30.3 Å². The molecule has 1 aliphatic rings. The van der Waals surface area contributed by atoms with E-state index in [-0.39, 0.29) is 11.8 Å². The second kappa shape index (κ2) is 9.79. The van der Waals surface area contributed by atoms with Crippen molar-refractivity contribution in [3.63, 3.8) is 0 Å². The molecule has 2 rings (SSSR count). The SMILES string of the molecule is O=C(O)[C@@H]1CN(CCNCc2ccccc2)C[C@@H]1CCCB(O)O. The van der Waals surface area contributed by atoms with Crippen LogP contribution in [-0.2, 0) is 11.3 Å². The van der Waals surface area contributed by atoms with Crippen molar-refractivity contribution in [1.29, 1.82) is 0 Å². The monoisotopic (exact) mass is 334 g/mol. The van der Waals surface area contributed by atoms with Crippen LogP contribution in [0.5, 0.6) is 0 Å². The maximum absolute atomic E-state index is 11.4. The fraction of sp³-hybridized carbons (Fsp3) is 0.588. The smallest absolute Gasteiger partial charge is 0.451 e. The Morgan fingerprint density at radius 2 is 2.00 bits per heavy atom. The molecule has 1 aliphatic heterocycles. The molecule has 4 N–H and O–H groups in total. The van der Waals surface area contributed by atoms with Crippen molar-refractivity contribution in [1.82, 2.24) is 10.2 Å². The number of nitrogens with zero attached hydrogens (tertiary/aromatic N) is 1. The summed E-state index contributed by atoms with van der Waals surface area (Å²) < 4.78 is 0. The highest BCUT2D eigenvalue weighted by molar-refractivity contribution is 6.40. The Balaban J connectivity index is 1.70. The zero-order valence-corrected chi connectivity index (χ0v) is 14.0. The van der Waals surface area contributed by atoms with E-state index in [1.165, 1.54) is 5.56 Å². The third kappa shape index (κ3) is 6.24. The van der Waals surface area contributed by atoms with E-state index in [4.69, 9.17) is 10.0 Å². The summed E-state index contributed by atoms with van der Waals surface area (Å²) in [6.45, 7) is 3.81. The first-order valence-corrected chi connectivity index (χ1v) is 8.62. The summed E-state index contributed by atoms with van der Waals surface area (Å²) in [5, 5.41) is 30.6. The van der Waals surface area contributed by atoms with Crippen molar-refractivity contribution in [3.05, 3.63) is 35.9 Å². The molecular formula is C17H27BN2O4. The van der Waals surface area contributed by atoms with Crippen LogP contribution in [0.1, 0.15) is 18.4 Å². The maximum atomic E-state index is 11.4. The minimum absolute atomic E-state index is 0.0929. The summed E-state index contributed by atoms with van der Waals surface area (Å²) in [6.07, 6.45) is 1.68. The second-order valence-electron chi connectivity index (χ2n) is 6.54. The lowest BCUT2D eigenvalue weighted by Gasteiger charge is -2.16. The van der Waals surface area contributed by atoms with Gasteiger partial charge in [-0.1, -0.05) is 36.8 Å². The van der Waals surface area contributed by atoms with Gasteiger partial charge in [-0.2, -0.15) is 0 Å². The minimum atomic E-state index is -1.30. The molecule has 24 heavy (non-hydrogen) atoms. The molecule has 2 atom stereocenters. The predicted molar refractivity (Wildman–Crippen MR) is 93.4 cm³/mol. The summed E-state index contributed by atoms with van der Waals surface area (Å²) >= 11 is 0. The molecule has 6 nitrogen and oxygen atoms in total. The van der Waals surface area contributed by atoms with Crippen LogP contribution < -0.4 is 5.32 Å². The Morgan fingerprint density at radius 1 is 1.25 bits per heavy atom. The highest BCUT2D eigenvalue weighted by Crippen LogP contribution is 2.28. The van der Waals surface area contributed by atoms with Crippen LogP contribution in [0.3, 0.4) is 0 Å². The first-order valence-electron chi connectivity index (χ1n) is 8.62. The molecule has 7 heteroatoms. The number of hydrogen-bond acceptors (Lipinski definition) is 5. The summed E-state index contributed by atoms with van der Waals surface area (Å²) in [5.74, 6) is -1.00. The van der Waals surface area contributed by atoms with E-state index < -0.39 is 13.1 Å². The Morgan fingerprint density at radius 3 is 2.67 bits per heavy atom. The molecule has 0 spiro atoms. The number of nitrogens with one attached hydrogen (secondary N) is 1. The van der Waals surface area contributed by atoms with Gasteiger partial charge in [0.25, 0.3) is 0 Å².